The van der Waals surface area contributed by atoms with Gasteiger partial charge in [0.15, 0.2) is 0 Å². The van der Waals surface area contributed by atoms with Crippen molar-refractivity contribution in [3.05, 3.63) is 63.1 Å². The third kappa shape index (κ3) is 2.96. The number of rotatable bonds is 4. The van der Waals surface area contributed by atoms with Gasteiger partial charge >= 0.3 is 0 Å². The minimum Gasteiger partial charge on any atom is -0.423 e. The van der Waals surface area contributed by atoms with Gasteiger partial charge in [-0.25, -0.2) is 4.98 Å². The molecule has 1 aromatic carbocycles. The lowest BCUT2D eigenvalue weighted by Crippen LogP contribution is -2.21. The van der Waals surface area contributed by atoms with Crippen molar-refractivity contribution in [1.82, 2.24) is 19.7 Å². The number of nitrogens with zero attached hydrogens (tertiary/aromatic N) is 4. The summed E-state index contributed by atoms with van der Waals surface area (Å²) in [6.45, 7) is 2.13. The van der Waals surface area contributed by atoms with Crippen LogP contribution < -0.4 is 5.56 Å². The maximum atomic E-state index is 12.9. The van der Waals surface area contributed by atoms with Gasteiger partial charge in [-0.15, -0.1) is 21.5 Å². The van der Waals surface area contributed by atoms with Gasteiger partial charge in [0.2, 0.25) is 11.8 Å². The summed E-state index contributed by atoms with van der Waals surface area (Å²) in [6, 6.07) is 7.40. The first-order valence-corrected chi connectivity index (χ1v) is 8.95. The average molecular weight is 373 g/mol. The fourth-order valence-corrected chi connectivity index (χ4v) is 3.60. The average Bonchev–Trinajstić information content (AvgIpc) is 3.25. The SMILES string of the molecule is CCc1nnc(Cn2cnc3scc(-c4ccc(Cl)cc4)c3c2=O)o1. The van der Waals surface area contributed by atoms with Gasteiger partial charge in [0.1, 0.15) is 11.4 Å². The molecule has 0 bridgehead atoms. The molecule has 0 unspecified atom stereocenters. The number of hydrogen-bond donors (Lipinski definition) is 0. The second kappa shape index (κ2) is 6.42. The fourth-order valence-electron chi connectivity index (χ4n) is 2.56. The highest BCUT2D eigenvalue weighted by molar-refractivity contribution is 7.17. The van der Waals surface area contributed by atoms with E-state index in [-0.39, 0.29) is 12.1 Å². The van der Waals surface area contributed by atoms with Gasteiger partial charge in [-0.2, -0.15) is 0 Å². The van der Waals surface area contributed by atoms with Crippen LogP contribution >= 0.6 is 22.9 Å². The molecule has 0 atom stereocenters. The van der Waals surface area contributed by atoms with Gasteiger partial charge in [0.05, 0.1) is 11.7 Å². The van der Waals surface area contributed by atoms with E-state index in [0.717, 1.165) is 11.1 Å². The number of hydrogen-bond acceptors (Lipinski definition) is 6. The van der Waals surface area contributed by atoms with Crippen LogP contribution in [0.15, 0.2) is 45.2 Å². The smallest absolute Gasteiger partial charge is 0.263 e. The molecule has 25 heavy (non-hydrogen) atoms. The molecule has 0 amide bonds. The van der Waals surface area contributed by atoms with Crippen molar-refractivity contribution in [2.24, 2.45) is 0 Å². The molecule has 0 N–H and O–H groups in total. The lowest BCUT2D eigenvalue weighted by molar-refractivity contribution is 0.439. The summed E-state index contributed by atoms with van der Waals surface area (Å²) in [6.07, 6.45) is 2.17. The highest BCUT2D eigenvalue weighted by Gasteiger charge is 2.15. The highest BCUT2D eigenvalue weighted by atomic mass is 35.5. The number of benzene rings is 1. The van der Waals surface area contributed by atoms with Crippen molar-refractivity contribution in [2.75, 3.05) is 0 Å². The van der Waals surface area contributed by atoms with Crippen LogP contribution in [0.25, 0.3) is 21.3 Å². The zero-order chi connectivity index (χ0) is 17.4. The molecule has 0 saturated heterocycles. The van der Waals surface area contributed by atoms with E-state index in [1.54, 1.807) is 12.1 Å². The minimum atomic E-state index is -0.132. The predicted octanol–water partition coefficient (Wildman–Crippen LogP) is 3.77. The molecular formula is C17H13ClN4O2S. The molecule has 3 heterocycles. The molecule has 0 radical (unpaired) electrons. The first-order valence-electron chi connectivity index (χ1n) is 7.69. The Kier molecular flexibility index (Phi) is 4.10. The van der Waals surface area contributed by atoms with Crippen molar-refractivity contribution in [1.29, 1.82) is 0 Å². The lowest BCUT2D eigenvalue weighted by atomic mass is 10.1. The first-order chi connectivity index (χ1) is 12.2. The van der Waals surface area contributed by atoms with E-state index >= 15 is 0 Å². The molecule has 0 aliphatic carbocycles. The van der Waals surface area contributed by atoms with Gasteiger partial charge in [-0.3, -0.25) is 9.36 Å². The molecule has 3 aromatic heterocycles. The number of aryl methyl sites for hydroxylation is 1. The molecule has 4 rings (SSSR count). The molecule has 6 nitrogen and oxygen atoms in total. The van der Waals surface area contributed by atoms with Crippen molar-refractivity contribution in [3.63, 3.8) is 0 Å². The lowest BCUT2D eigenvalue weighted by Gasteiger charge is -2.04. The van der Waals surface area contributed by atoms with E-state index in [2.05, 4.69) is 15.2 Å². The van der Waals surface area contributed by atoms with Gasteiger partial charge in [0.25, 0.3) is 5.56 Å². The predicted molar refractivity (Wildman–Crippen MR) is 97.1 cm³/mol. The molecule has 126 valence electrons. The largest absolute Gasteiger partial charge is 0.423 e. The zero-order valence-corrected chi connectivity index (χ0v) is 14.8. The Labute approximate surface area is 151 Å². The van der Waals surface area contributed by atoms with E-state index in [0.29, 0.717) is 33.4 Å². The minimum absolute atomic E-state index is 0.132. The summed E-state index contributed by atoms with van der Waals surface area (Å²) in [5.74, 6) is 0.942. The van der Waals surface area contributed by atoms with E-state index in [1.807, 2.05) is 24.4 Å². The van der Waals surface area contributed by atoms with E-state index in [1.165, 1.54) is 22.2 Å². The Morgan fingerprint density at radius 3 is 2.68 bits per heavy atom. The van der Waals surface area contributed by atoms with E-state index in [9.17, 15) is 4.79 Å². The highest BCUT2D eigenvalue weighted by Crippen LogP contribution is 2.31. The number of aromatic nitrogens is 4. The monoisotopic (exact) mass is 372 g/mol. The maximum Gasteiger partial charge on any atom is 0.263 e. The molecule has 8 heteroatoms. The normalized spacial score (nSPS) is 11.3. The van der Waals surface area contributed by atoms with Crippen LogP contribution in [0, 0.1) is 0 Å². The molecule has 0 spiro atoms. The summed E-state index contributed by atoms with van der Waals surface area (Å²) >= 11 is 7.39. The Morgan fingerprint density at radius 1 is 1.20 bits per heavy atom. The van der Waals surface area contributed by atoms with Crippen molar-refractivity contribution >= 4 is 33.2 Å². The Bertz CT molecular complexity index is 1100. The van der Waals surface area contributed by atoms with Gasteiger partial charge in [-0.05, 0) is 17.7 Å². The molecular weight excluding hydrogens is 360 g/mol. The van der Waals surface area contributed by atoms with E-state index < -0.39 is 0 Å². The summed E-state index contributed by atoms with van der Waals surface area (Å²) < 4.78 is 6.98. The number of halogens is 1. The van der Waals surface area contributed by atoms with Crippen LogP contribution in [0.4, 0.5) is 0 Å². The fraction of sp³-hybridized carbons (Fsp3) is 0.176. The van der Waals surface area contributed by atoms with Gasteiger partial charge < -0.3 is 4.42 Å². The molecule has 0 fully saturated rings. The van der Waals surface area contributed by atoms with Crippen LogP contribution in [0.3, 0.4) is 0 Å². The Morgan fingerprint density at radius 2 is 1.96 bits per heavy atom. The standard InChI is InChI=1S/C17H13ClN4O2S/c1-2-13-20-21-14(24-13)7-22-9-19-16-15(17(22)23)12(8-25-16)10-3-5-11(18)6-4-10/h3-6,8-9H,2,7H2,1H3. The first kappa shape index (κ1) is 16.0. The molecule has 0 aliphatic heterocycles. The quantitative estimate of drug-likeness (QED) is 0.545. The van der Waals surface area contributed by atoms with Gasteiger partial charge in [-0.1, -0.05) is 30.7 Å². The molecule has 0 aliphatic rings. The number of fused-ring (bicyclic) bond motifs is 1. The summed E-state index contributed by atoms with van der Waals surface area (Å²) in [5.41, 5.74) is 1.65. The van der Waals surface area contributed by atoms with Crippen LogP contribution in [-0.4, -0.2) is 19.7 Å². The van der Waals surface area contributed by atoms with Crippen LogP contribution in [-0.2, 0) is 13.0 Å². The van der Waals surface area contributed by atoms with E-state index in [4.69, 9.17) is 16.0 Å². The van der Waals surface area contributed by atoms with Crippen molar-refractivity contribution in [2.45, 2.75) is 19.9 Å². The summed E-state index contributed by atoms with van der Waals surface area (Å²) in [7, 11) is 0. The second-order valence-corrected chi connectivity index (χ2v) is 6.75. The Hall–Kier alpha value is -2.51. The third-order valence-corrected chi connectivity index (χ3v) is 4.97. The molecule has 0 saturated carbocycles. The van der Waals surface area contributed by atoms with Crippen molar-refractivity contribution in [3.8, 4) is 11.1 Å². The second-order valence-electron chi connectivity index (χ2n) is 5.46. The van der Waals surface area contributed by atoms with Crippen LogP contribution in [0.1, 0.15) is 18.7 Å². The van der Waals surface area contributed by atoms with Gasteiger partial charge in [0, 0.05) is 22.4 Å². The topological polar surface area (TPSA) is 73.8 Å². The number of thiophene rings is 1. The maximum absolute atomic E-state index is 12.9. The summed E-state index contributed by atoms with van der Waals surface area (Å²) in [5, 5.41) is 11.1. The zero-order valence-electron chi connectivity index (χ0n) is 13.3. The van der Waals surface area contributed by atoms with Crippen LogP contribution in [0.5, 0.6) is 0 Å². The van der Waals surface area contributed by atoms with Crippen LogP contribution in [0.2, 0.25) is 5.02 Å². The third-order valence-electron chi connectivity index (χ3n) is 3.83. The molecule has 4 aromatic rings. The Balaban J connectivity index is 1.80. The summed E-state index contributed by atoms with van der Waals surface area (Å²) in [4.78, 5) is 18.0. The van der Waals surface area contributed by atoms with Crippen molar-refractivity contribution < 1.29 is 4.42 Å².